The summed E-state index contributed by atoms with van der Waals surface area (Å²) in [5, 5.41) is 15.4. The first-order valence-corrected chi connectivity index (χ1v) is 15.7. The molecule has 41 heavy (non-hydrogen) atoms. The van der Waals surface area contributed by atoms with Gasteiger partial charge in [0.1, 0.15) is 30.0 Å². The number of carbonyl (C=O) groups is 4. The summed E-state index contributed by atoms with van der Waals surface area (Å²) in [6.45, 7) is 8.96. The standard InChI is InChI=1S/C30H49N3O7S/c1-8-9-10-11-12-13-17-33(28(37)23(16-18-41-7)32-29(38)40-30(3,4)5)26(27(36)31-20-25(35)39-6)22-14-15-24(34)21(2)19-22/h14-15,19,23,26,34H,8-13,16-18,20H2,1-7H3,(H,31,36)(H,32,38). The summed E-state index contributed by atoms with van der Waals surface area (Å²) in [6, 6.07) is 2.66. The fraction of sp³-hybridized carbons (Fsp3) is 0.667. The van der Waals surface area contributed by atoms with Crippen LogP contribution in [0.25, 0.3) is 0 Å². The fourth-order valence-corrected chi connectivity index (χ4v) is 4.69. The number of carbonyl (C=O) groups excluding carboxylic acids is 4. The molecule has 0 aromatic heterocycles. The predicted octanol–water partition coefficient (Wildman–Crippen LogP) is 4.87. The average Bonchev–Trinajstić information content (AvgIpc) is 2.91. The third-order valence-corrected chi connectivity index (χ3v) is 7.01. The lowest BCUT2D eigenvalue weighted by Gasteiger charge is -2.34. The predicted molar refractivity (Wildman–Crippen MR) is 162 cm³/mol. The van der Waals surface area contributed by atoms with Gasteiger partial charge >= 0.3 is 12.1 Å². The molecule has 0 spiro atoms. The van der Waals surface area contributed by atoms with E-state index in [1.807, 2.05) is 6.26 Å². The number of phenolic OH excluding ortho intramolecular Hbond substituents is 1. The van der Waals surface area contributed by atoms with E-state index in [2.05, 4.69) is 22.3 Å². The van der Waals surface area contributed by atoms with E-state index in [-0.39, 0.29) is 18.8 Å². The largest absolute Gasteiger partial charge is 0.508 e. The number of phenols is 1. The van der Waals surface area contributed by atoms with Gasteiger partial charge in [-0.3, -0.25) is 14.4 Å². The number of benzene rings is 1. The zero-order valence-electron chi connectivity index (χ0n) is 25.7. The van der Waals surface area contributed by atoms with Crippen LogP contribution in [0.5, 0.6) is 5.75 Å². The molecular weight excluding hydrogens is 546 g/mol. The highest BCUT2D eigenvalue weighted by Crippen LogP contribution is 2.28. The molecule has 2 unspecified atom stereocenters. The molecule has 1 rings (SSSR count). The summed E-state index contributed by atoms with van der Waals surface area (Å²) in [4.78, 5) is 53.9. The second-order valence-corrected chi connectivity index (χ2v) is 12.0. The summed E-state index contributed by atoms with van der Waals surface area (Å²) in [5.74, 6) is -0.977. The Bertz CT molecular complexity index is 997. The Morgan fingerprint density at radius 1 is 1.07 bits per heavy atom. The summed E-state index contributed by atoms with van der Waals surface area (Å²) in [7, 11) is 1.22. The normalized spacial score (nSPS) is 12.7. The van der Waals surface area contributed by atoms with Crippen molar-refractivity contribution in [1.29, 1.82) is 0 Å². The molecule has 0 aliphatic heterocycles. The lowest BCUT2D eigenvalue weighted by Crippen LogP contribution is -2.53. The number of esters is 1. The maximum absolute atomic E-state index is 14.2. The number of aromatic hydroxyl groups is 1. The minimum Gasteiger partial charge on any atom is -0.508 e. The van der Waals surface area contributed by atoms with E-state index in [1.165, 1.54) is 29.8 Å². The number of aryl methyl sites for hydroxylation is 1. The molecule has 10 nitrogen and oxygen atoms in total. The molecule has 3 amide bonds. The summed E-state index contributed by atoms with van der Waals surface area (Å²) in [5.41, 5.74) is 0.254. The van der Waals surface area contributed by atoms with Gasteiger partial charge in [-0.2, -0.15) is 11.8 Å². The van der Waals surface area contributed by atoms with Crippen molar-refractivity contribution in [2.45, 2.75) is 97.2 Å². The maximum Gasteiger partial charge on any atom is 0.408 e. The second kappa shape index (κ2) is 18.5. The van der Waals surface area contributed by atoms with Gasteiger partial charge in [0, 0.05) is 6.54 Å². The maximum atomic E-state index is 14.2. The SMILES string of the molecule is CCCCCCCCN(C(=O)C(CCSC)NC(=O)OC(C)(C)C)C(C(=O)NCC(=O)OC)c1ccc(O)c(C)c1. The molecule has 0 aliphatic rings. The van der Waals surface area contributed by atoms with Crippen LogP contribution in [0.2, 0.25) is 0 Å². The van der Waals surface area contributed by atoms with Gasteiger partial charge in [0.25, 0.3) is 0 Å². The first-order valence-electron chi connectivity index (χ1n) is 14.3. The number of alkyl carbamates (subject to hydrolysis) is 1. The monoisotopic (exact) mass is 595 g/mol. The van der Waals surface area contributed by atoms with Crippen molar-refractivity contribution in [1.82, 2.24) is 15.5 Å². The third-order valence-electron chi connectivity index (χ3n) is 6.37. The van der Waals surface area contributed by atoms with Gasteiger partial charge in [0.05, 0.1) is 7.11 Å². The van der Waals surface area contributed by atoms with Crippen molar-refractivity contribution in [3.8, 4) is 5.75 Å². The topological polar surface area (TPSA) is 134 Å². The van der Waals surface area contributed by atoms with E-state index in [1.54, 1.807) is 39.8 Å². The van der Waals surface area contributed by atoms with Crippen LogP contribution in [0.3, 0.4) is 0 Å². The number of ether oxygens (including phenoxy) is 2. The van der Waals surface area contributed by atoms with E-state index in [0.29, 0.717) is 29.7 Å². The highest BCUT2D eigenvalue weighted by atomic mass is 32.2. The Balaban J connectivity index is 3.49. The summed E-state index contributed by atoms with van der Waals surface area (Å²) < 4.78 is 10.1. The van der Waals surface area contributed by atoms with Crippen molar-refractivity contribution >= 4 is 35.6 Å². The second-order valence-electron chi connectivity index (χ2n) is 11.0. The lowest BCUT2D eigenvalue weighted by molar-refractivity contribution is -0.144. The number of unbranched alkanes of at least 4 members (excludes halogenated alkanes) is 5. The highest BCUT2D eigenvalue weighted by molar-refractivity contribution is 7.98. The van der Waals surface area contributed by atoms with E-state index in [4.69, 9.17) is 4.74 Å². The number of hydrogen-bond acceptors (Lipinski definition) is 8. The van der Waals surface area contributed by atoms with Crippen LogP contribution in [-0.4, -0.2) is 77.7 Å². The Hall–Kier alpha value is -2.95. The number of methoxy groups -OCH3 is 1. The summed E-state index contributed by atoms with van der Waals surface area (Å²) in [6.07, 6.45) is 7.36. The minimum absolute atomic E-state index is 0.0562. The van der Waals surface area contributed by atoms with Crippen LogP contribution in [-0.2, 0) is 23.9 Å². The molecule has 0 bridgehead atoms. The van der Waals surface area contributed by atoms with Gasteiger partial charge in [-0.25, -0.2) is 4.79 Å². The Morgan fingerprint density at radius 3 is 2.32 bits per heavy atom. The van der Waals surface area contributed by atoms with Crippen molar-refractivity contribution in [2.24, 2.45) is 0 Å². The van der Waals surface area contributed by atoms with Crippen LogP contribution in [0.4, 0.5) is 4.79 Å². The van der Waals surface area contributed by atoms with E-state index < -0.39 is 41.6 Å². The molecule has 0 aliphatic carbocycles. The Kier molecular flexibility index (Phi) is 16.3. The molecule has 232 valence electrons. The van der Waals surface area contributed by atoms with Crippen LogP contribution in [0.15, 0.2) is 18.2 Å². The first-order chi connectivity index (χ1) is 19.3. The molecule has 0 saturated carbocycles. The minimum atomic E-state index is -1.11. The van der Waals surface area contributed by atoms with Crippen LogP contribution in [0.1, 0.15) is 89.8 Å². The Morgan fingerprint density at radius 2 is 1.73 bits per heavy atom. The number of nitrogens with one attached hydrogen (secondary N) is 2. The van der Waals surface area contributed by atoms with Gasteiger partial charge in [0.2, 0.25) is 11.8 Å². The summed E-state index contributed by atoms with van der Waals surface area (Å²) >= 11 is 1.54. The van der Waals surface area contributed by atoms with Gasteiger partial charge in [0.15, 0.2) is 0 Å². The zero-order valence-corrected chi connectivity index (χ0v) is 26.5. The van der Waals surface area contributed by atoms with Crippen molar-refractivity contribution < 1.29 is 33.8 Å². The molecular formula is C30H49N3O7S. The molecule has 2 atom stereocenters. The number of rotatable bonds is 17. The number of amides is 3. The first kappa shape index (κ1) is 36.1. The zero-order chi connectivity index (χ0) is 31.0. The molecule has 0 saturated heterocycles. The number of nitrogens with zero attached hydrogens (tertiary/aromatic N) is 1. The van der Waals surface area contributed by atoms with Gasteiger partial charge in [-0.15, -0.1) is 0 Å². The average molecular weight is 596 g/mol. The molecule has 3 N–H and O–H groups in total. The lowest BCUT2D eigenvalue weighted by atomic mass is 9.99. The van der Waals surface area contributed by atoms with E-state index in [9.17, 15) is 24.3 Å². The van der Waals surface area contributed by atoms with Crippen LogP contribution < -0.4 is 10.6 Å². The van der Waals surface area contributed by atoms with Gasteiger partial charge in [-0.1, -0.05) is 45.1 Å². The van der Waals surface area contributed by atoms with Crippen LogP contribution >= 0.6 is 11.8 Å². The molecule has 0 fully saturated rings. The van der Waals surface area contributed by atoms with Crippen molar-refractivity contribution in [3.05, 3.63) is 29.3 Å². The fourth-order valence-electron chi connectivity index (χ4n) is 4.22. The molecule has 11 heteroatoms. The molecule has 1 aromatic rings. The molecule has 0 radical (unpaired) electrons. The van der Waals surface area contributed by atoms with Gasteiger partial charge in [-0.05, 0) is 75.8 Å². The van der Waals surface area contributed by atoms with Gasteiger partial charge < -0.3 is 30.1 Å². The smallest absolute Gasteiger partial charge is 0.408 e. The highest BCUT2D eigenvalue weighted by Gasteiger charge is 2.36. The quantitative estimate of drug-likeness (QED) is 0.172. The molecule has 1 aromatic carbocycles. The van der Waals surface area contributed by atoms with E-state index in [0.717, 1.165) is 32.1 Å². The number of thioether (sulfide) groups is 1. The van der Waals surface area contributed by atoms with Crippen molar-refractivity contribution in [3.63, 3.8) is 0 Å². The molecule has 0 heterocycles. The third kappa shape index (κ3) is 13.5. The Labute approximate surface area is 249 Å². The number of hydrogen-bond donors (Lipinski definition) is 3. The van der Waals surface area contributed by atoms with Crippen LogP contribution in [0, 0.1) is 6.92 Å². The van der Waals surface area contributed by atoms with Crippen molar-refractivity contribution in [2.75, 3.05) is 32.2 Å². The van der Waals surface area contributed by atoms with E-state index >= 15 is 0 Å².